The molecule has 3 N–H and O–H groups in total. The molecule has 1 atom stereocenters. The van der Waals surface area contributed by atoms with Gasteiger partial charge in [-0.3, -0.25) is 4.79 Å². The van der Waals surface area contributed by atoms with Crippen molar-refractivity contribution in [1.29, 1.82) is 0 Å². The van der Waals surface area contributed by atoms with Crippen LogP contribution in [0.5, 0.6) is 0 Å². The maximum atomic E-state index is 11.5. The molecule has 1 aliphatic heterocycles. The second kappa shape index (κ2) is 7.01. The summed E-state index contributed by atoms with van der Waals surface area (Å²) in [6.45, 7) is 1.44. The van der Waals surface area contributed by atoms with Gasteiger partial charge in [-0.15, -0.1) is 5.10 Å². The van der Waals surface area contributed by atoms with Gasteiger partial charge < -0.3 is 16.0 Å². The van der Waals surface area contributed by atoms with E-state index in [0.717, 1.165) is 5.69 Å². The fourth-order valence-electron chi connectivity index (χ4n) is 2.54. The van der Waals surface area contributed by atoms with E-state index in [1.165, 1.54) is 13.1 Å². The second-order valence-corrected chi connectivity index (χ2v) is 8.03. The van der Waals surface area contributed by atoms with E-state index in [-0.39, 0.29) is 29.4 Å². The Kier molecular flexibility index (Phi) is 4.79. The normalized spacial score (nSPS) is 18.5. The number of rotatable bonds is 5. The number of anilines is 4. The summed E-state index contributed by atoms with van der Waals surface area (Å²) in [4.78, 5) is 15.4. The van der Waals surface area contributed by atoms with Crippen molar-refractivity contribution in [3.63, 3.8) is 0 Å². The third-order valence-electron chi connectivity index (χ3n) is 3.58. The Labute approximate surface area is 145 Å². The van der Waals surface area contributed by atoms with Gasteiger partial charge in [0.1, 0.15) is 0 Å². The van der Waals surface area contributed by atoms with Crippen molar-refractivity contribution in [1.82, 2.24) is 15.2 Å². The van der Waals surface area contributed by atoms with Crippen LogP contribution in [-0.4, -0.2) is 47.1 Å². The molecular weight excluding hydrogens is 344 g/mol. The van der Waals surface area contributed by atoms with Crippen molar-refractivity contribution in [3.05, 3.63) is 30.5 Å². The van der Waals surface area contributed by atoms with E-state index in [1.54, 1.807) is 18.2 Å². The first-order valence-electron chi connectivity index (χ1n) is 7.71. The largest absolute Gasteiger partial charge is 0.349 e. The van der Waals surface area contributed by atoms with Crippen molar-refractivity contribution in [2.75, 3.05) is 27.5 Å². The van der Waals surface area contributed by atoms with Crippen molar-refractivity contribution >= 4 is 38.9 Å². The molecule has 1 saturated heterocycles. The summed E-state index contributed by atoms with van der Waals surface area (Å²) < 4.78 is 23.0. The number of hydrogen-bond acceptors (Lipinski definition) is 8. The van der Waals surface area contributed by atoms with Gasteiger partial charge in [0, 0.05) is 24.3 Å². The molecule has 25 heavy (non-hydrogen) atoms. The maximum Gasteiger partial charge on any atom is 0.244 e. The van der Waals surface area contributed by atoms with Gasteiger partial charge in [0.2, 0.25) is 11.9 Å². The molecule has 1 unspecified atom stereocenters. The molecule has 1 amide bonds. The van der Waals surface area contributed by atoms with Crippen molar-refractivity contribution < 1.29 is 13.2 Å². The zero-order valence-corrected chi connectivity index (χ0v) is 14.4. The average Bonchev–Trinajstić information content (AvgIpc) is 2.86. The van der Waals surface area contributed by atoms with Gasteiger partial charge in [0.25, 0.3) is 0 Å². The third-order valence-corrected chi connectivity index (χ3v) is 5.35. The summed E-state index contributed by atoms with van der Waals surface area (Å²) in [7, 11) is -2.98. The standard InChI is InChI=1S/C15H18N6O3S/c1-10(22)17-11-3-2-4-12(7-11)18-14-8-16-21-15(20-14)19-13-5-6-25(23,24)9-13/h2-4,7-8,13H,5-6,9H2,1H3,(H,17,22)(H2,18,19,20,21). The van der Waals surface area contributed by atoms with Crippen molar-refractivity contribution in [2.45, 2.75) is 19.4 Å². The molecule has 3 rings (SSSR count). The van der Waals surface area contributed by atoms with Crippen LogP contribution in [-0.2, 0) is 14.6 Å². The fourth-order valence-corrected chi connectivity index (χ4v) is 4.22. The highest BCUT2D eigenvalue weighted by Crippen LogP contribution is 2.20. The molecule has 0 bridgehead atoms. The summed E-state index contributed by atoms with van der Waals surface area (Å²) in [5, 5.41) is 16.5. The molecule has 0 saturated carbocycles. The van der Waals surface area contributed by atoms with Crippen molar-refractivity contribution in [3.8, 4) is 0 Å². The fraction of sp³-hybridized carbons (Fsp3) is 0.333. The summed E-state index contributed by atoms with van der Waals surface area (Å²) in [6.07, 6.45) is 1.99. The van der Waals surface area contributed by atoms with Gasteiger partial charge in [-0.1, -0.05) is 6.07 Å². The maximum absolute atomic E-state index is 11.5. The Morgan fingerprint density at radius 2 is 2.08 bits per heavy atom. The van der Waals surface area contributed by atoms with Crippen LogP contribution in [0.4, 0.5) is 23.1 Å². The van der Waals surface area contributed by atoms with Gasteiger partial charge in [-0.2, -0.15) is 10.1 Å². The van der Waals surface area contributed by atoms with Crippen LogP contribution >= 0.6 is 0 Å². The number of benzene rings is 1. The quantitative estimate of drug-likeness (QED) is 0.724. The smallest absolute Gasteiger partial charge is 0.244 e. The molecule has 2 heterocycles. The van der Waals surface area contributed by atoms with E-state index in [9.17, 15) is 13.2 Å². The van der Waals surface area contributed by atoms with E-state index in [0.29, 0.717) is 17.9 Å². The molecule has 1 aromatic carbocycles. The molecule has 1 fully saturated rings. The minimum atomic E-state index is -2.98. The molecule has 1 aromatic heterocycles. The van der Waals surface area contributed by atoms with E-state index in [4.69, 9.17) is 0 Å². The predicted octanol–water partition coefficient (Wildman–Crippen LogP) is 1.17. The first-order valence-corrected chi connectivity index (χ1v) is 9.53. The highest BCUT2D eigenvalue weighted by Gasteiger charge is 2.28. The van der Waals surface area contributed by atoms with Crippen LogP contribution in [0.15, 0.2) is 30.5 Å². The first kappa shape index (κ1) is 17.1. The average molecular weight is 362 g/mol. The summed E-state index contributed by atoms with van der Waals surface area (Å²) in [6, 6.07) is 6.96. The second-order valence-electron chi connectivity index (χ2n) is 5.80. The SMILES string of the molecule is CC(=O)Nc1cccc(Nc2cnnc(NC3CCS(=O)(=O)C3)n2)c1. The van der Waals surface area contributed by atoms with Crippen LogP contribution in [0.25, 0.3) is 0 Å². The zero-order chi connectivity index (χ0) is 17.9. The van der Waals surface area contributed by atoms with E-state index in [2.05, 4.69) is 31.1 Å². The topological polar surface area (TPSA) is 126 Å². The molecular formula is C15H18N6O3S. The number of carbonyl (C=O) groups excluding carboxylic acids is 1. The zero-order valence-electron chi connectivity index (χ0n) is 13.6. The first-order chi connectivity index (χ1) is 11.9. The van der Waals surface area contributed by atoms with E-state index >= 15 is 0 Å². The lowest BCUT2D eigenvalue weighted by Crippen LogP contribution is -2.22. The lowest BCUT2D eigenvalue weighted by molar-refractivity contribution is -0.114. The monoisotopic (exact) mass is 362 g/mol. The van der Waals surface area contributed by atoms with Gasteiger partial charge in [0.05, 0.1) is 17.7 Å². The molecule has 0 spiro atoms. The number of aromatic nitrogens is 3. The lowest BCUT2D eigenvalue weighted by Gasteiger charge is -2.11. The third kappa shape index (κ3) is 4.86. The highest BCUT2D eigenvalue weighted by molar-refractivity contribution is 7.91. The van der Waals surface area contributed by atoms with Crippen LogP contribution in [0.1, 0.15) is 13.3 Å². The Morgan fingerprint density at radius 1 is 1.28 bits per heavy atom. The molecule has 10 heteroatoms. The summed E-state index contributed by atoms with van der Waals surface area (Å²) in [5.74, 6) is 0.820. The minimum Gasteiger partial charge on any atom is -0.349 e. The Balaban J connectivity index is 1.68. The van der Waals surface area contributed by atoms with Gasteiger partial charge >= 0.3 is 0 Å². The highest BCUT2D eigenvalue weighted by atomic mass is 32.2. The molecule has 2 aromatic rings. The lowest BCUT2D eigenvalue weighted by atomic mass is 10.2. The van der Waals surface area contributed by atoms with Gasteiger partial charge in [-0.05, 0) is 24.6 Å². The van der Waals surface area contributed by atoms with Crippen molar-refractivity contribution in [2.24, 2.45) is 0 Å². The number of amides is 1. The molecule has 1 aliphatic rings. The number of sulfone groups is 1. The molecule has 9 nitrogen and oxygen atoms in total. The molecule has 132 valence electrons. The minimum absolute atomic E-state index is 0.0762. The number of carbonyl (C=O) groups is 1. The number of nitrogens with zero attached hydrogens (tertiary/aromatic N) is 3. The number of hydrogen-bond donors (Lipinski definition) is 3. The summed E-state index contributed by atoms with van der Waals surface area (Å²) >= 11 is 0. The van der Waals surface area contributed by atoms with Crippen LogP contribution < -0.4 is 16.0 Å². The van der Waals surface area contributed by atoms with E-state index < -0.39 is 9.84 Å². The van der Waals surface area contributed by atoms with Gasteiger partial charge in [-0.25, -0.2) is 8.42 Å². The van der Waals surface area contributed by atoms with E-state index in [1.807, 2.05) is 6.07 Å². The Hall–Kier alpha value is -2.75. The van der Waals surface area contributed by atoms with Gasteiger partial charge in [0.15, 0.2) is 15.7 Å². The molecule has 0 radical (unpaired) electrons. The molecule has 0 aliphatic carbocycles. The predicted molar refractivity (Wildman–Crippen MR) is 94.5 cm³/mol. The van der Waals surface area contributed by atoms with Crippen LogP contribution in [0.2, 0.25) is 0 Å². The summed E-state index contributed by atoms with van der Waals surface area (Å²) in [5.41, 5.74) is 1.38. The number of nitrogens with one attached hydrogen (secondary N) is 3. The van der Waals surface area contributed by atoms with Crippen LogP contribution in [0.3, 0.4) is 0 Å². The Bertz CT molecular complexity index is 886. The van der Waals surface area contributed by atoms with Crippen LogP contribution in [0, 0.1) is 0 Å². The Morgan fingerprint density at radius 3 is 2.80 bits per heavy atom.